The summed E-state index contributed by atoms with van der Waals surface area (Å²) >= 11 is 0. The molecule has 0 aliphatic carbocycles. The molecule has 1 aliphatic heterocycles. The summed E-state index contributed by atoms with van der Waals surface area (Å²) in [5.41, 5.74) is 1.77. The maximum atomic E-state index is 13.7. The zero-order valence-corrected chi connectivity index (χ0v) is 20.9. The number of nitrogens with zero attached hydrogens (tertiary/aromatic N) is 2. The lowest BCUT2D eigenvalue weighted by atomic mass is 9.93. The Labute approximate surface area is 206 Å². The minimum atomic E-state index is -3.99. The van der Waals surface area contributed by atoms with Crippen molar-refractivity contribution in [1.29, 1.82) is 0 Å². The number of carbonyl (C=O) groups excluding carboxylic acids is 2. The van der Waals surface area contributed by atoms with E-state index in [1.165, 1.54) is 17.0 Å². The van der Waals surface area contributed by atoms with Crippen molar-refractivity contribution in [3.63, 3.8) is 0 Å². The van der Waals surface area contributed by atoms with Gasteiger partial charge in [0.1, 0.15) is 5.54 Å². The van der Waals surface area contributed by atoms with E-state index >= 15 is 0 Å². The summed E-state index contributed by atoms with van der Waals surface area (Å²) in [7, 11) is -3.99. The first-order valence-electron chi connectivity index (χ1n) is 11.4. The molecule has 3 aromatic rings. The highest BCUT2D eigenvalue weighted by Crippen LogP contribution is 2.34. The summed E-state index contributed by atoms with van der Waals surface area (Å²) in [6, 6.07) is 23.2. The standard InChI is InChI=1S/C27H29N3O4S/c1-20-13-15-23(16-14-20)35(33,34)29-18-25(31)30(24-12-8-7-9-21(24)2)27(3,19-29)26(32)28-17-22-10-5-4-6-11-22/h4-16H,17-19H2,1-3H3,(H,28,32)/t27-/m1/s1. The van der Waals surface area contributed by atoms with Crippen LogP contribution in [-0.2, 0) is 26.2 Å². The first-order chi connectivity index (χ1) is 16.6. The van der Waals surface area contributed by atoms with E-state index in [4.69, 9.17) is 0 Å². The lowest BCUT2D eigenvalue weighted by molar-refractivity contribution is -0.133. The van der Waals surface area contributed by atoms with Crippen molar-refractivity contribution >= 4 is 27.5 Å². The summed E-state index contributed by atoms with van der Waals surface area (Å²) in [6.45, 7) is 5.08. The van der Waals surface area contributed by atoms with Gasteiger partial charge in [0.15, 0.2) is 0 Å². The first kappa shape index (κ1) is 24.6. The molecule has 1 atom stereocenters. The van der Waals surface area contributed by atoms with E-state index in [0.717, 1.165) is 21.0 Å². The predicted octanol–water partition coefficient (Wildman–Crippen LogP) is 3.42. The second kappa shape index (κ2) is 9.64. The third-order valence-corrected chi connectivity index (χ3v) is 8.14. The van der Waals surface area contributed by atoms with Crippen molar-refractivity contribution in [1.82, 2.24) is 9.62 Å². The zero-order valence-electron chi connectivity index (χ0n) is 20.1. The fourth-order valence-electron chi connectivity index (χ4n) is 4.35. The van der Waals surface area contributed by atoms with Gasteiger partial charge in [0.25, 0.3) is 0 Å². The smallest absolute Gasteiger partial charge is 0.247 e. The van der Waals surface area contributed by atoms with Crippen LogP contribution in [-0.4, -0.2) is 43.2 Å². The Morgan fingerprint density at radius 3 is 2.23 bits per heavy atom. The summed E-state index contributed by atoms with van der Waals surface area (Å²) in [5, 5.41) is 2.91. The number of aryl methyl sites for hydroxylation is 2. The minimum absolute atomic E-state index is 0.0901. The molecule has 8 heteroatoms. The van der Waals surface area contributed by atoms with Crippen LogP contribution in [0.2, 0.25) is 0 Å². The van der Waals surface area contributed by atoms with E-state index < -0.39 is 27.4 Å². The maximum absolute atomic E-state index is 13.7. The number of nitrogens with one attached hydrogen (secondary N) is 1. The average Bonchev–Trinajstić information content (AvgIpc) is 2.84. The van der Waals surface area contributed by atoms with E-state index in [1.807, 2.05) is 56.3 Å². The van der Waals surface area contributed by atoms with Crippen LogP contribution < -0.4 is 10.2 Å². The van der Waals surface area contributed by atoms with E-state index in [2.05, 4.69) is 5.32 Å². The van der Waals surface area contributed by atoms with Crippen LogP contribution in [0.1, 0.15) is 23.6 Å². The van der Waals surface area contributed by atoms with Gasteiger partial charge >= 0.3 is 0 Å². The number of hydrogen-bond acceptors (Lipinski definition) is 4. The molecule has 0 aromatic heterocycles. The molecule has 2 amide bonds. The molecule has 1 N–H and O–H groups in total. The minimum Gasteiger partial charge on any atom is -0.350 e. The van der Waals surface area contributed by atoms with Gasteiger partial charge in [-0.05, 0) is 50.1 Å². The molecule has 0 saturated carbocycles. The molecule has 7 nitrogen and oxygen atoms in total. The van der Waals surface area contributed by atoms with Crippen LogP contribution in [0.3, 0.4) is 0 Å². The van der Waals surface area contributed by atoms with Gasteiger partial charge in [-0.15, -0.1) is 0 Å². The Bertz CT molecular complexity index is 1340. The second-order valence-electron chi connectivity index (χ2n) is 9.04. The number of anilines is 1. The number of hydrogen-bond donors (Lipinski definition) is 1. The Hall–Kier alpha value is -3.49. The predicted molar refractivity (Wildman–Crippen MR) is 135 cm³/mol. The third-order valence-electron chi connectivity index (χ3n) is 6.34. The summed E-state index contributed by atoms with van der Waals surface area (Å²) in [6.07, 6.45) is 0. The molecule has 0 unspecified atom stereocenters. The molecule has 0 bridgehead atoms. The van der Waals surface area contributed by atoms with Crippen molar-refractivity contribution in [2.75, 3.05) is 18.0 Å². The highest BCUT2D eigenvalue weighted by atomic mass is 32.2. The summed E-state index contributed by atoms with van der Waals surface area (Å²) in [5.74, 6) is -0.889. The van der Waals surface area contributed by atoms with Gasteiger partial charge in [0, 0.05) is 18.8 Å². The summed E-state index contributed by atoms with van der Waals surface area (Å²) < 4.78 is 28.0. The van der Waals surface area contributed by atoms with Crippen LogP contribution in [0, 0.1) is 13.8 Å². The van der Waals surface area contributed by atoms with E-state index in [9.17, 15) is 18.0 Å². The maximum Gasteiger partial charge on any atom is 0.247 e. The van der Waals surface area contributed by atoms with E-state index in [-0.39, 0.29) is 24.5 Å². The van der Waals surface area contributed by atoms with Gasteiger partial charge in [-0.2, -0.15) is 4.31 Å². The molecule has 1 aliphatic rings. The fourth-order valence-corrected chi connectivity index (χ4v) is 5.83. The lowest BCUT2D eigenvalue weighted by Crippen LogP contribution is -2.70. The molecule has 1 saturated heterocycles. The highest BCUT2D eigenvalue weighted by Gasteiger charge is 2.51. The van der Waals surface area contributed by atoms with Crippen molar-refractivity contribution in [3.8, 4) is 0 Å². The topological polar surface area (TPSA) is 86.8 Å². The summed E-state index contributed by atoms with van der Waals surface area (Å²) in [4.78, 5) is 28.7. The van der Waals surface area contributed by atoms with Gasteiger partial charge in [-0.25, -0.2) is 8.42 Å². The number of benzene rings is 3. The lowest BCUT2D eigenvalue weighted by Gasteiger charge is -2.47. The number of para-hydroxylation sites is 1. The molecular formula is C27H29N3O4S. The number of rotatable bonds is 6. The Morgan fingerprint density at radius 2 is 1.57 bits per heavy atom. The number of amides is 2. The molecule has 3 aromatic carbocycles. The van der Waals surface area contributed by atoms with E-state index in [1.54, 1.807) is 31.2 Å². The number of piperazine rings is 1. The molecule has 0 radical (unpaired) electrons. The molecule has 35 heavy (non-hydrogen) atoms. The van der Waals surface area contributed by atoms with Crippen molar-refractivity contribution < 1.29 is 18.0 Å². The van der Waals surface area contributed by atoms with Crippen LogP contribution in [0.25, 0.3) is 0 Å². The van der Waals surface area contributed by atoms with Gasteiger partial charge in [-0.1, -0.05) is 66.2 Å². The number of carbonyl (C=O) groups is 2. The van der Waals surface area contributed by atoms with Crippen LogP contribution in [0.4, 0.5) is 5.69 Å². The molecule has 0 spiro atoms. The quantitative estimate of drug-likeness (QED) is 0.573. The van der Waals surface area contributed by atoms with Crippen LogP contribution in [0.15, 0.2) is 83.8 Å². The molecular weight excluding hydrogens is 462 g/mol. The SMILES string of the molecule is Cc1ccc(S(=O)(=O)N2CC(=O)N(c3ccccc3C)[C@@](C)(C(=O)NCc3ccccc3)C2)cc1. The Kier molecular flexibility index (Phi) is 6.78. The monoisotopic (exact) mass is 491 g/mol. The average molecular weight is 492 g/mol. The van der Waals surface area contributed by atoms with Gasteiger partial charge < -0.3 is 5.32 Å². The van der Waals surface area contributed by atoms with Crippen LogP contribution in [0.5, 0.6) is 0 Å². The largest absolute Gasteiger partial charge is 0.350 e. The van der Waals surface area contributed by atoms with Crippen molar-refractivity contribution in [2.45, 2.75) is 37.8 Å². The van der Waals surface area contributed by atoms with Gasteiger partial charge in [-0.3, -0.25) is 14.5 Å². The number of sulfonamides is 1. The van der Waals surface area contributed by atoms with Gasteiger partial charge in [0.2, 0.25) is 21.8 Å². The second-order valence-corrected chi connectivity index (χ2v) is 11.0. The first-order valence-corrected chi connectivity index (χ1v) is 12.8. The van der Waals surface area contributed by atoms with E-state index in [0.29, 0.717) is 5.69 Å². The molecule has 4 rings (SSSR count). The fraction of sp³-hybridized carbons (Fsp3) is 0.259. The van der Waals surface area contributed by atoms with Crippen LogP contribution >= 0.6 is 0 Å². The highest BCUT2D eigenvalue weighted by molar-refractivity contribution is 7.89. The van der Waals surface area contributed by atoms with Crippen molar-refractivity contribution in [2.24, 2.45) is 0 Å². The molecule has 1 fully saturated rings. The Balaban J connectivity index is 1.72. The van der Waals surface area contributed by atoms with Crippen molar-refractivity contribution in [3.05, 3.63) is 95.6 Å². The molecule has 182 valence electrons. The Morgan fingerprint density at radius 1 is 0.943 bits per heavy atom. The van der Waals surface area contributed by atoms with Gasteiger partial charge in [0.05, 0.1) is 11.4 Å². The molecule has 1 heterocycles. The zero-order chi connectivity index (χ0) is 25.2. The third kappa shape index (κ3) is 4.85. The normalized spacial score (nSPS) is 18.9.